The van der Waals surface area contributed by atoms with Crippen LogP contribution >= 0.6 is 0 Å². The molecule has 0 spiro atoms. The van der Waals surface area contributed by atoms with E-state index in [1.54, 1.807) is 25.6 Å². The number of aromatic nitrogens is 3. The molecule has 0 radical (unpaired) electrons. The second kappa shape index (κ2) is 10.7. The number of pyridine rings is 1. The molecule has 0 aliphatic rings. The van der Waals surface area contributed by atoms with E-state index in [1.165, 1.54) is 0 Å². The van der Waals surface area contributed by atoms with Crippen molar-refractivity contribution in [2.75, 3.05) is 12.4 Å². The van der Waals surface area contributed by atoms with Crippen molar-refractivity contribution in [1.29, 1.82) is 0 Å². The highest BCUT2D eigenvalue weighted by atomic mass is 16.5. The van der Waals surface area contributed by atoms with Crippen LogP contribution in [0.4, 0.5) is 5.69 Å². The van der Waals surface area contributed by atoms with Crippen LogP contribution in [0.25, 0.3) is 11.3 Å². The summed E-state index contributed by atoms with van der Waals surface area (Å²) >= 11 is 0. The Labute approximate surface area is 200 Å². The summed E-state index contributed by atoms with van der Waals surface area (Å²) in [6.07, 6.45) is 6.87. The van der Waals surface area contributed by atoms with Crippen molar-refractivity contribution in [3.05, 3.63) is 102 Å². The molecule has 2 aromatic heterocycles. The van der Waals surface area contributed by atoms with Gasteiger partial charge in [0.2, 0.25) is 0 Å². The average Bonchev–Trinajstić information content (AvgIpc) is 2.88. The SMILES string of the molecule is CC[C@H](Cc1cncc(-c2cccc(OC)c2)n1)c1cccc(NC(=O)c2ccc(C)nc2)c1. The number of hydrogen-bond acceptors (Lipinski definition) is 5. The van der Waals surface area contributed by atoms with Crippen LogP contribution in [0.3, 0.4) is 0 Å². The summed E-state index contributed by atoms with van der Waals surface area (Å²) in [5.74, 6) is 0.860. The van der Waals surface area contributed by atoms with Crippen LogP contribution in [0, 0.1) is 6.92 Å². The number of rotatable bonds is 8. The molecule has 1 N–H and O–H groups in total. The van der Waals surface area contributed by atoms with Gasteiger partial charge in [0, 0.05) is 29.3 Å². The molecule has 172 valence electrons. The Kier molecular flexibility index (Phi) is 7.28. The molecule has 0 fully saturated rings. The van der Waals surface area contributed by atoms with Crippen LogP contribution in [0.15, 0.2) is 79.3 Å². The molecule has 4 rings (SSSR count). The average molecular weight is 453 g/mol. The molecule has 6 nitrogen and oxygen atoms in total. The van der Waals surface area contributed by atoms with Gasteiger partial charge in [-0.3, -0.25) is 14.8 Å². The number of methoxy groups -OCH3 is 1. The minimum Gasteiger partial charge on any atom is -0.497 e. The van der Waals surface area contributed by atoms with Crippen molar-refractivity contribution in [2.45, 2.75) is 32.6 Å². The van der Waals surface area contributed by atoms with Gasteiger partial charge in [0.25, 0.3) is 5.91 Å². The molecule has 6 heteroatoms. The Morgan fingerprint density at radius 1 is 1.03 bits per heavy atom. The van der Waals surface area contributed by atoms with E-state index >= 15 is 0 Å². The maximum Gasteiger partial charge on any atom is 0.257 e. The maximum absolute atomic E-state index is 12.6. The van der Waals surface area contributed by atoms with E-state index in [0.717, 1.165) is 52.5 Å². The summed E-state index contributed by atoms with van der Waals surface area (Å²) in [6.45, 7) is 4.06. The standard InChI is InChI=1S/C28H28N4O2/c1-4-20(13-25-17-29-18-27(31-25)22-8-6-10-26(15-22)34-3)21-7-5-9-24(14-21)32-28(33)23-12-11-19(2)30-16-23/h5-12,14-18,20H,4,13H2,1-3H3,(H,32,33)/t20-/m1/s1. The number of nitrogens with zero attached hydrogens (tertiary/aromatic N) is 3. The topological polar surface area (TPSA) is 77.0 Å². The number of ether oxygens (including phenoxy) is 1. The van der Waals surface area contributed by atoms with Crippen LogP contribution in [0.1, 0.15) is 46.6 Å². The van der Waals surface area contributed by atoms with Crippen molar-refractivity contribution >= 4 is 11.6 Å². The number of amides is 1. The number of carbonyl (C=O) groups excluding carboxylic acids is 1. The van der Waals surface area contributed by atoms with Gasteiger partial charge in [0.1, 0.15) is 5.75 Å². The van der Waals surface area contributed by atoms with Crippen molar-refractivity contribution in [2.24, 2.45) is 0 Å². The highest BCUT2D eigenvalue weighted by Gasteiger charge is 2.14. The number of hydrogen-bond donors (Lipinski definition) is 1. The molecular weight excluding hydrogens is 424 g/mol. The zero-order valence-corrected chi connectivity index (χ0v) is 19.7. The van der Waals surface area contributed by atoms with E-state index in [-0.39, 0.29) is 11.8 Å². The molecule has 0 aliphatic heterocycles. The summed E-state index contributed by atoms with van der Waals surface area (Å²) in [4.78, 5) is 26.1. The van der Waals surface area contributed by atoms with E-state index in [1.807, 2.05) is 61.7 Å². The van der Waals surface area contributed by atoms with E-state index in [2.05, 4.69) is 28.3 Å². The van der Waals surface area contributed by atoms with Gasteiger partial charge < -0.3 is 10.1 Å². The molecule has 1 atom stereocenters. The minimum atomic E-state index is -0.172. The van der Waals surface area contributed by atoms with Crippen LogP contribution in [-0.4, -0.2) is 28.0 Å². The maximum atomic E-state index is 12.6. The van der Waals surface area contributed by atoms with Crippen LogP contribution in [0.2, 0.25) is 0 Å². The monoisotopic (exact) mass is 452 g/mol. The van der Waals surface area contributed by atoms with Gasteiger partial charge in [-0.2, -0.15) is 0 Å². The Morgan fingerprint density at radius 2 is 1.88 bits per heavy atom. The van der Waals surface area contributed by atoms with Gasteiger partial charge in [0.15, 0.2) is 0 Å². The lowest BCUT2D eigenvalue weighted by atomic mass is 9.91. The van der Waals surface area contributed by atoms with E-state index in [9.17, 15) is 4.79 Å². The first kappa shape index (κ1) is 23.1. The van der Waals surface area contributed by atoms with Gasteiger partial charge in [-0.25, -0.2) is 4.98 Å². The lowest BCUT2D eigenvalue weighted by Crippen LogP contribution is -2.13. The Balaban J connectivity index is 1.51. The molecule has 0 unspecified atom stereocenters. The fraction of sp³-hybridized carbons (Fsp3) is 0.214. The third kappa shape index (κ3) is 5.64. The van der Waals surface area contributed by atoms with E-state index < -0.39 is 0 Å². The van der Waals surface area contributed by atoms with Gasteiger partial charge in [-0.05, 0) is 67.6 Å². The molecule has 34 heavy (non-hydrogen) atoms. The number of aryl methyl sites for hydroxylation is 1. The smallest absolute Gasteiger partial charge is 0.257 e. The number of anilines is 1. The molecular formula is C28H28N4O2. The van der Waals surface area contributed by atoms with E-state index in [4.69, 9.17) is 9.72 Å². The highest BCUT2D eigenvalue weighted by Crippen LogP contribution is 2.27. The fourth-order valence-electron chi connectivity index (χ4n) is 3.85. The van der Waals surface area contributed by atoms with Crippen molar-refractivity contribution in [3.63, 3.8) is 0 Å². The predicted octanol–water partition coefficient (Wildman–Crippen LogP) is 5.84. The van der Waals surface area contributed by atoms with Crippen molar-refractivity contribution in [3.8, 4) is 17.0 Å². The molecule has 0 aliphatic carbocycles. The van der Waals surface area contributed by atoms with Crippen LogP contribution < -0.4 is 10.1 Å². The Morgan fingerprint density at radius 3 is 2.65 bits per heavy atom. The van der Waals surface area contributed by atoms with Gasteiger partial charge in [0.05, 0.1) is 30.3 Å². The second-order valence-electron chi connectivity index (χ2n) is 8.20. The quantitative estimate of drug-likeness (QED) is 0.363. The summed E-state index contributed by atoms with van der Waals surface area (Å²) < 4.78 is 5.34. The summed E-state index contributed by atoms with van der Waals surface area (Å²) in [7, 11) is 1.65. The van der Waals surface area contributed by atoms with Crippen molar-refractivity contribution < 1.29 is 9.53 Å². The first-order valence-electron chi connectivity index (χ1n) is 11.3. The van der Waals surface area contributed by atoms with E-state index in [0.29, 0.717) is 5.56 Å². The first-order chi connectivity index (χ1) is 16.6. The Bertz CT molecular complexity index is 1270. The number of nitrogens with one attached hydrogen (secondary N) is 1. The fourth-order valence-corrected chi connectivity index (χ4v) is 3.85. The lowest BCUT2D eigenvalue weighted by Gasteiger charge is -2.17. The second-order valence-corrected chi connectivity index (χ2v) is 8.20. The van der Waals surface area contributed by atoms with Crippen LogP contribution in [-0.2, 0) is 6.42 Å². The molecule has 0 bridgehead atoms. The van der Waals surface area contributed by atoms with Gasteiger partial charge in [-0.1, -0.05) is 31.2 Å². The molecule has 2 aromatic carbocycles. The van der Waals surface area contributed by atoms with Crippen molar-refractivity contribution in [1.82, 2.24) is 15.0 Å². The molecule has 0 saturated carbocycles. The molecule has 2 heterocycles. The minimum absolute atomic E-state index is 0.172. The van der Waals surface area contributed by atoms with Gasteiger partial charge >= 0.3 is 0 Å². The zero-order chi connectivity index (χ0) is 23.9. The summed E-state index contributed by atoms with van der Waals surface area (Å²) in [5, 5.41) is 2.98. The zero-order valence-electron chi connectivity index (χ0n) is 19.7. The Hall–Kier alpha value is -4.06. The van der Waals surface area contributed by atoms with Gasteiger partial charge in [-0.15, -0.1) is 0 Å². The first-order valence-corrected chi connectivity index (χ1v) is 11.3. The molecule has 0 saturated heterocycles. The highest BCUT2D eigenvalue weighted by molar-refractivity contribution is 6.04. The third-order valence-electron chi connectivity index (χ3n) is 5.79. The lowest BCUT2D eigenvalue weighted by molar-refractivity contribution is 0.102. The number of carbonyl (C=O) groups is 1. The predicted molar refractivity (Wildman–Crippen MR) is 134 cm³/mol. The normalized spacial score (nSPS) is 11.6. The summed E-state index contributed by atoms with van der Waals surface area (Å²) in [5.41, 5.74) is 6.03. The van der Waals surface area contributed by atoms with Crippen LogP contribution in [0.5, 0.6) is 5.75 Å². The third-order valence-corrected chi connectivity index (χ3v) is 5.79. The molecule has 4 aromatic rings. The number of benzene rings is 2. The summed E-state index contributed by atoms with van der Waals surface area (Å²) in [6, 6.07) is 19.4. The molecule has 1 amide bonds. The largest absolute Gasteiger partial charge is 0.497 e.